The van der Waals surface area contributed by atoms with Gasteiger partial charge in [0.15, 0.2) is 0 Å². The SMILES string of the molecule is COc1ccn2c(-c3ccccc3)c(-c3ccc(C4(NC(=O)OC(C)(C)C)CCC4)cc3)nc2n1. The van der Waals surface area contributed by atoms with Gasteiger partial charge in [0, 0.05) is 23.4 Å². The summed E-state index contributed by atoms with van der Waals surface area (Å²) in [6.45, 7) is 5.62. The molecule has 180 valence electrons. The number of fused-ring (bicyclic) bond motifs is 1. The highest BCUT2D eigenvalue weighted by Crippen LogP contribution is 2.42. The second-order valence-electron chi connectivity index (χ2n) is 9.95. The molecular formula is C28H30N4O3. The standard InChI is InChI=1S/C28H30N4O3/c1-27(2,3)35-26(33)31-28(16-8-17-28)21-13-11-19(12-14-21)23-24(20-9-6-5-7-10-20)32-18-15-22(34-4)29-25(32)30-23/h5-7,9-15,18H,8,16-17H2,1-4H3,(H,31,33). The van der Waals surface area contributed by atoms with Gasteiger partial charge in [-0.2, -0.15) is 4.98 Å². The van der Waals surface area contributed by atoms with Crippen LogP contribution in [0.25, 0.3) is 28.3 Å². The molecule has 2 aromatic heterocycles. The normalized spacial score (nSPS) is 14.9. The zero-order valence-corrected chi connectivity index (χ0v) is 20.5. The van der Waals surface area contributed by atoms with Crippen LogP contribution >= 0.6 is 0 Å². The van der Waals surface area contributed by atoms with E-state index in [9.17, 15) is 4.79 Å². The van der Waals surface area contributed by atoms with Crippen LogP contribution in [-0.4, -0.2) is 33.2 Å². The first-order valence-electron chi connectivity index (χ1n) is 11.9. The van der Waals surface area contributed by atoms with Crippen LogP contribution in [0.15, 0.2) is 66.9 Å². The number of amides is 1. The van der Waals surface area contributed by atoms with E-state index >= 15 is 0 Å². The van der Waals surface area contributed by atoms with Crippen molar-refractivity contribution >= 4 is 11.9 Å². The Morgan fingerprint density at radius 3 is 2.29 bits per heavy atom. The van der Waals surface area contributed by atoms with Crippen molar-refractivity contribution in [2.24, 2.45) is 0 Å². The second-order valence-corrected chi connectivity index (χ2v) is 9.95. The fraction of sp³-hybridized carbons (Fsp3) is 0.321. The maximum atomic E-state index is 12.5. The third-order valence-electron chi connectivity index (χ3n) is 6.38. The molecule has 1 aliphatic carbocycles. The van der Waals surface area contributed by atoms with Crippen molar-refractivity contribution in [3.8, 4) is 28.4 Å². The summed E-state index contributed by atoms with van der Waals surface area (Å²) < 4.78 is 12.8. The monoisotopic (exact) mass is 470 g/mol. The average molecular weight is 471 g/mol. The van der Waals surface area contributed by atoms with Crippen LogP contribution < -0.4 is 10.1 Å². The van der Waals surface area contributed by atoms with Crippen LogP contribution in [0.1, 0.15) is 45.6 Å². The molecule has 1 amide bonds. The van der Waals surface area contributed by atoms with Gasteiger partial charge in [0.2, 0.25) is 11.7 Å². The summed E-state index contributed by atoms with van der Waals surface area (Å²) in [5, 5.41) is 3.13. The number of rotatable bonds is 5. The molecule has 35 heavy (non-hydrogen) atoms. The van der Waals surface area contributed by atoms with Crippen LogP contribution in [0.4, 0.5) is 4.79 Å². The number of hydrogen-bond acceptors (Lipinski definition) is 5. The lowest BCUT2D eigenvalue weighted by Gasteiger charge is -2.43. The lowest BCUT2D eigenvalue weighted by Crippen LogP contribution is -2.52. The molecule has 0 spiro atoms. The highest BCUT2D eigenvalue weighted by atomic mass is 16.6. The number of hydrogen-bond donors (Lipinski definition) is 1. The minimum atomic E-state index is -0.535. The van der Waals surface area contributed by atoms with Crippen molar-refractivity contribution in [3.63, 3.8) is 0 Å². The maximum absolute atomic E-state index is 12.5. The maximum Gasteiger partial charge on any atom is 0.408 e. The molecule has 0 aliphatic heterocycles. The predicted octanol–water partition coefficient (Wildman–Crippen LogP) is 5.98. The van der Waals surface area contributed by atoms with Gasteiger partial charge in [0.05, 0.1) is 24.0 Å². The van der Waals surface area contributed by atoms with Crippen molar-refractivity contribution in [3.05, 3.63) is 72.4 Å². The fourth-order valence-electron chi connectivity index (χ4n) is 4.56. The summed E-state index contributed by atoms with van der Waals surface area (Å²) >= 11 is 0. The number of methoxy groups -OCH3 is 1. The Morgan fingerprint density at radius 2 is 1.69 bits per heavy atom. The van der Waals surface area contributed by atoms with Crippen molar-refractivity contribution in [1.29, 1.82) is 0 Å². The molecule has 1 N–H and O–H groups in total. The van der Waals surface area contributed by atoms with Crippen LogP contribution in [0.5, 0.6) is 5.88 Å². The van der Waals surface area contributed by atoms with Crippen LogP contribution in [0.3, 0.4) is 0 Å². The number of alkyl carbamates (subject to hydrolysis) is 1. The number of carbonyl (C=O) groups is 1. The van der Waals surface area contributed by atoms with Crippen LogP contribution in [0.2, 0.25) is 0 Å². The lowest BCUT2D eigenvalue weighted by molar-refractivity contribution is 0.0377. The molecule has 2 heterocycles. The molecule has 2 aromatic carbocycles. The minimum Gasteiger partial charge on any atom is -0.481 e. The van der Waals surface area contributed by atoms with E-state index in [0.717, 1.165) is 47.3 Å². The molecule has 7 heteroatoms. The Balaban J connectivity index is 1.52. The Hall–Kier alpha value is -3.87. The largest absolute Gasteiger partial charge is 0.481 e. The molecule has 0 radical (unpaired) electrons. The van der Waals surface area contributed by atoms with Gasteiger partial charge in [-0.1, -0.05) is 54.6 Å². The molecule has 1 saturated carbocycles. The summed E-state index contributed by atoms with van der Waals surface area (Å²) in [6.07, 6.45) is 4.39. The van der Waals surface area contributed by atoms with Crippen molar-refractivity contribution < 1.29 is 14.3 Å². The average Bonchev–Trinajstić information content (AvgIpc) is 3.19. The Kier molecular flexibility index (Phi) is 5.71. The molecule has 4 aromatic rings. The number of nitrogens with one attached hydrogen (secondary N) is 1. The highest BCUT2D eigenvalue weighted by Gasteiger charge is 2.41. The first kappa shape index (κ1) is 22.9. The molecular weight excluding hydrogens is 440 g/mol. The number of ether oxygens (including phenoxy) is 2. The highest BCUT2D eigenvalue weighted by molar-refractivity contribution is 5.81. The number of imidazole rings is 1. The van der Waals surface area contributed by atoms with Crippen molar-refractivity contribution in [2.75, 3.05) is 7.11 Å². The summed E-state index contributed by atoms with van der Waals surface area (Å²) in [6, 6.07) is 20.3. The van der Waals surface area contributed by atoms with E-state index in [1.165, 1.54) is 0 Å². The third-order valence-corrected chi connectivity index (χ3v) is 6.38. The first-order valence-corrected chi connectivity index (χ1v) is 11.9. The van der Waals surface area contributed by atoms with E-state index in [0.29, 0.717) is 11.7 Å². The molecule has 0 atom stereocenters. The summed E-state index contributed by atoms with van der Waals surface area (Å²) in [7, 11) is 1.60. The molecule has 1 aliphatic rings. The molecule has 7 nitrogen and oxygen atoms in total. The van der Waals surface area contributed by atoms with E-state index < -0.39 is 11.1 Å². The number of nitrogens with zero attached hydrogens (tertiary/aromatic N) is 3. The first-order chi connectivity index (χ1) is 16.8. The molecule has 0 saturated heterocycles. The van der Waals surface area contributed by atoms with E-state index in [1.54, 1.807) is 7.11 Å². The molecule has 5 rings (SSSR count). The minimum absolute atomic E-state index is 0.381. The Bertz CT molecular complexity index is 1350. The predicted molar refractivity (Wildman–Crippen MR) is 135 cm³/mol. The summed E-state index contributed by atoms with van der Waals surface area (Å²) in [5.41, 5.74) is 3.98. The number of benzene rings is 2. The quantitative estimate of drug-likeness (QED) is 0.388. The third kappa shape index (κ3) is 4.46. The number of carbonyl (C=O) groups excluding carboxylic acids is 1. The Labute approximate surface area is 205 Å². The molecule has 0 unspecified atom stereocenters. The van der Waals surface area contributed by atoms with Gasteiger partial charge in [-0.15, -0.1) is 0 Å². The summed E-state index contributed by atoms with van der Waals surface area (Å²) in [5.74, 6) is 1.09. The molecule has 1 fully saturated rings. The van der Waals surface area contributed by atoms with Gasteiger partial charge >= 0.3 is 6.09 Å². The van der Waals surface area contributed by atoms with Crippen molar-refractivity contribution in [2.45, 2.75) is 51.2 Å². The van der Waals surface area contributed by atoms with E-state index in [1.807, 2.05) is 55.6 Å². The van der Waals surface area contributed by atoms with Crippen LogP contribution in [-0.2, 0) is 10.3 Å². The van der Waals surface area contributed by atoms with E-state index in [2.05, 4.69) is 46.7 Å². The van der Waals surface area contributed by atoms with Gasteiger partial charge in [-0.25, -0.2) is 9.78 Å². The summed E-state index contributed by atoms with van der Waals surface area (Å²) in [4.78, 5) is 21.9. The molecule has 0 bridgehead atoms. The Morgan fingerprint density at radius 1 is 0.971 bits per heavy atom. The van der Waals surface area contributed by atoms with Gasteiger partial charge in [0.1, 0.15) is 5.60 Å². The van der Waals surface area contributed by atoms with Gasteiger partial charge in [-0.05, 0) is 45.6 Å². The van der Waals surface area contributed by atoms with E-state index in [4.69, 9.17) is 14.5 Å². The lowest BCUT2D eigenvalue weighted by atomic mass is 9.71. The van der Waals surface area contributed by atoms with Gasteiger partial charge < -0.3 is 14.8 Å². The van der Waals surface area contributed by atoms with Gasteiger partial charge in [0.25, 0.3) is 0 Å². The zero-order valence-electron chi connectivity index (χ0n) is 20.5. The number of aromatic nitrogens is 3. The fourth-order valence-corrected chi connectivity index (χ4v) is 4.56. The van der Waals surface area contributed by atoms with Crippen LogP contribution in [0, 0.1) is 0 Å². The topological polar surface area (TPSA) is 77.8 Å². The second kappa shape index (κ2) is 8.73. The van der Waals surface area contributed by atoms with E-state index in [-0.39, 0.29) is 6.09 Å². The zero-order chi connectivity index (χ0) is 24.6. The smallest absolute Gasteiger partial charge is 0.408 e. The van der Waals surface area contributed by atoms with Crippen molar-refractivity contribution in [1.82, 2.24) is 19.7 Å². The van der Waals surface area contributed by atoms with Gasteiger partial charge in [-0.3, -0.25) is 4.40 Å².